The van der Waals surface area contributed by atoms with E-state index < -0.39 is 0 Å². The van der Waals surface area contributed by atoms with Crippen molar-refractivity contribution in [2.75, 3.05) is 18.9 Å². The molecule has 19 heavy (non-hydrogen) atoms. The van der Waals surface area contributed by atoms with Crippen molar-refractivity contribution in [2.45, 2.75) is 33.7 Å². The number of hydrogen-bond acceptors (Lipinski definition) is 2. The lowest BCUT2D eigenvalue weighted by molar-refractivity contribution is 0.0708. The van der Waals surface area contributed by atoms with Crippen LogP contribution in [0.5, 0.6) is 0 Å². The van der Waals surface area contributed by atoms with Gasteiger partial charge in [0.15, 0.2) is 0 Å². The van der Waals surface area contributed by atoms with Crippen LogP contribution in [-0.2, 0) is 0 Å². The number of anilines is 1. The first-order chi connectivity index (χ1) is 8.88. The molecule has 0 aliphatic heterocycles. The van der Waals surface area contributed by atoms with E-state index in [-0.39, 0.29) is 11.9 Å². The van der Waals surface area contributed by atoms with Crippen molar-refractivity contribution in [2.24, 2.45) is 5.92 Å². The number of nitrogens with zero attached hydrogens (tertiary/aromatic N) is 1. The lowest BCUT2D eigenvalue weighted by Gasteiger charge is -2.28. The molecule has 1 aromatic carbocycles. The number of benzene rings is 1. The molecule has 0 radical (unpaired) electrons. The standard InChI is InChI=1S/C15H23ClN2O/c1-6-17-14-8-7-12(16)9-13(14)15(19)18(5)11(4)10(2)3/h7-11,17H,6H2,1-5H3. The number of carbonyl (C=O) groups is 1. The van der Waals surface area contributed by atoms with Crippen LogP contribution < -0.4 is 5.32 Å². The molecule has 1 aromatic rings. The maximum absolute atomic E-state index is 12.6. The van der Waals surface area contributed by atoms with E-state index in [2.05, 4.69) is 26.1 Å². The number of nitrogens with one attached hydrogen (secondary N) is 1. The number of hydrogen-bond donors (Lipinski definition) is 1. The number of amides is 1. The van der Waals surface area contributed by atoms with Gasteiger partial charge in [-0.2, -0.15) is 0 Å². The van der Waals surface area contributed by atoms with E-state index >= 15 is 0 Å². The Labute approximate surface area is 120 Å². The van der Waals surface area contributed by atoms with Crippen LogP contribution in [0, 0.1) is 5.92 Å². The van der Waals surface area contributed by atoms with Gasteiger partial charge >= 0.3 is 0 Å². The molecule has 1 N–H and O–H groups in total. The predicted octanol–water partition coefficient (Wildman–Crippen LogP) is 3.89. The first-order valence-corrected chi connectivity index (χ1v) is 7.06. The fourth-order valence-electron chi connectivity index (χ4n) is 1.86. The van der Waals surface area contributed by atoms with E-state index in [1.807, 2.05) is 20.0 Å². The summed E-state index contributed by atoms with van der Waals surface area (Å²) in [7, 11) is 1.84. The van der Waals surface area contributed by atoms with Crippen LogP contribution in [0.1, 0.15) is 38.1 Å². The summed E-state index contributed by atoms with van der Waals surface area (Å²) >= 11 is 6.01. The average Bonchev–Trinajstić information content (AvgIpc) is 2.38. The summed E-state index contributed by atoms with van der Waals surface area (Å²) in [6, 6.07) is 5.56. The monoisotopic (exact) mass is 282 g/mol. The predicted molar refractivity (Wildman–Crippen MR) is 82.0 cm³/mol. The Bertz CT molecular complexity index is 446. The minimum atomic E-state index is -0.000324. The summed E-state index contributed by atoms with van der Waals surface area (Å²) in [5, 5.41) is 3.78. The lowest BCUT2D eigenvalue weighted by atomic mass is 10.0. The van der Waals surface area contributed by atoms with E-state index in [1.54, 1.807) is 17.0 Å². The van der Waals surface area contributed by atoms with Crippen molar-refractivity contribution in [3.63, 3.8) is 0 Å². The Hall–Kier alpha value is -1.22. The maximum Gasteiger partial charge on any atom is 0.255 e. The molecule has 0 heterocycles. The van der Waals surface area contributed by atoms with Gasteiger partial charge in [0.1, 0.15) is 0 Å². The molecule has 0 saturated heterocycles. The van der Waals surface area contributed by atoms with Crippen molar-refractivity contribution in [3.05, 3.63) is 28.8 Å². The fraction of sp³-hybridized carbons (Fsp3) is 0.533. The molecule has 3 nitrogen and oxygen atoms in total. The molecule has 1 amide bonds. The van der Waals surface area contributed by atoms with E-state index in [9.17, 15) is 4.79 Å². The third-order valence-electron chi connectivity index (χ3n) is 3.48. The van der Waals surface area contributed by atoms with Crippen LogP contribution in [-0.4, -0.2) is 30.4 Å². The molecule has 0 aliphatic rings. The molecule has 1 atom stereocenters. The zero-order chi connectivity index (χ0) is 14.6. The van der Waals surface area contributed by atoms with Crippen LogP contribution in [0.4, 0.5) is 5.69 Å². The molecule has 4 heteroatoms. The molecule has 106 valence electrons. The molecule has 1 rings (SSSR count). The Morgan fingerprint density at radius 2 is 2.00 bits per heavy atom. The average molecular weight is 283 g/mol. The number of halogens is 1. The van der Waals surface area contributed by atoms with E-state index in [4.69, 9.17) is 11.6 Å². The van der Waals surface area contributed by atoms with Gasteiger partial charge in [-0.1, -0.05) is 25.4 Å². The van der Waals surface area contributed by atoms with Gasteiger partial charge in [-0.05, 0) is 38.0 Å². The molecule has 0 aliphatic carbocycles. The summed E-state index contributed by atoms with van der Waals surface area (Å²) in [5.41, 5.74) is 1.46. The van der Waals surface area contributed by atoms with Gasteiger partial charge in [0.2, 0.25) is 0 Å². The van der Waals surface area contributed by atoms with Gasteiger partial charge in [0, 0.05) is 30.3 Å². The normalized spacial score (nSPS) is 12.4. The van der Waals surface area contributed by atoms with E-state index in [0.717, 1.165) is 12.2 Å². The van der Waals surface area contributed by atoms with Crippen LogP contribution in [0.2, 0.25) is 5.02 Å². The summed E-state index contributed by atoms with van der Waals surface area (Å²) in [4.78, 5) is 14.3. The number of rotatable bonds is 5. The van der Waals surface area contributed by atoms with Crippen molar-refractivity contribution in [3.8, 4) is 0 Å². The van der Waals surface area contributed by atoms with Crippen LogP contribution in [0.15, 0.2) is 18.2 Å². The zero-order valence-corrected chi connectivity index (χ0v) is 13.1. The molecule has 0 saturated carbocycles. The van der Waals surface area contributed by atoms with Gasteiger partial charge in [0.25, 0.3) is 5.91 Å². The molecule has 0 fully saturated rings. The van der Waals surface area contributed by atoms with Gasteiger partial charge < -0.3 is 10.2 Å². The molecule has 0 aromatic heterocycles. The lowest BCUT2D eigenvalue weighted by Crippen LogP contribution is -2.38. The van der Waals surface area contributed by atoms with Crippen LogP contribution in [0.3, 0.4) is 0 Å². The first-order valence-electron chi connectivity index (χ1n) is 6.69. The quantitative estimate of drug-likeness (QED) is 0.889. The third kappa shape index (κ3) is 3.87. The highest BCUT2D eigenvalue weighted by Gasteiger charge is 2.22. The zero-order valence-electron chi connectivity index (χ0n) is 12.3. The fourth-order valence-corrected chi connectivity index (χ4v) is 2.03. The summed E-state index contributed by atoms with van der Waals surface area (Å²) in [6.45, 7) is 9.05. The Morgan fingerprint density at radius 1 is 1.37 bits per heavy atom. The minimum Gasteiger partial charge on any atom is -0.385 e. The Morgan fingerprint density at radius 3 is 2.53 bits per heavy atom. The summed E-state index contributed by atoms with van der Waals surface area (Å²) in [5.74, 6) is 0.412. The van der Waals surface area contributed by atoms with Gasteiger partial charge in [0.05, 0.1) is 5.56 Å². The van der Waals surface area contributed by atoms with Crippen molar-refractivity contribution in [1.29, 1.82) is 0 Å². The summed E-state index contributed by atoms with van der Waals surface area (Å²) < 4.78 is 0. The minimum absolute atomic E-state index is 0.000324. The Kier molecular flexibility index (Phi) is 5.67. The van der Waals surface area contributed by atoms with Crippen LogP contribution in [0.25, 0.3) is 0 Å². The topological polar surface area (TPSA) is 32.3 Å². The molecular weight excluding hydrogens is 260 g/mol. The largest absolute Gasteiger partial charge is 0.385 e. The van der Waals surface area contributed by atoms with Gasteiger partial charge in [-0.25, -0.2) is 0 Å². The highest BCUT2D eigenvalue weighted by atomic mass is 35.5. The van der Waals surface area contributed by atoms with Gasteiger partial charge in [-0.3, -0.25) is 4.79 Å². The second-order valence-electron chi connectivity index (χ2n) is 5.12. The van der Waals surface area contributed by atoms with Crippen molar-refractivity contribution < 1.29 is 4.79 Å². The maximum atomic E-state index is 12.6. The second-order valence-corrected chi connectivity index (χ2v) is 5.56. The third-order valence-corrected chi connectivity index (χ3v) is 3.71. The molecule has 0 spiro atoms. The first kappa shape index (κ1) is 15.8. The smallest absolute Gasteiger partial charge is 0.255 e. The summed E-state index contributed by atoms with van der Waals surface area (Å²) in [6.07, 6.45) is 0. The van der Waals surface area contributed by atoms with E-state index in [1.165, 1.54) is 0 Å². The molecular formula is C15H23ClN2O. The molecule has 1 unspecified atom stereocenters. The SMILES string of the molecule is CCNc1ccc(Cl)cc1C(=O)N(C)C(C)C(C)C. The second kappa shape index (κ2) is 6.80. The number of carbonyl (C=O) groups excluding carboxylic acids is 1. The Balaban J connectivity index is 3.07. The van der Waals surface area contributed by atoms with E-state index in [0.29, 0.717) is 16.5 Å². The highest BCUT2D eigenvalue weighted by Crippen LogP contribution is 2.23. The van der Waals surface area contributed by atoms with Crippen LogP contribution >= 0.6 is 11.6 Å². The molecule has 0 bridgehead atoms. The van der Waals surface area contributed by atoms with Crippen molar-refractivity contribution >= 4 is 23.2 Å². The van der Waals surface area contributed by atoms with Crippen molar-refractivity contribution in [1.82, 2.24) is 4.90 Å². The van der Waals surface area contributed by atoms with Gasteiger partial charge in [-0.15, -0.1) is 0 Å². The highest BCUT2D eigenvalue weighted by molar-refractivity contribution is 6.31.